The number of nitrogens with zero attached hydrogens (tertiary/aromatic N) is 1. The summed E-state index contributed by atoms with van der Waals surface area (Å²) in [7, 11) is 0. The third-order valence-corrected chi connectivity index (χ3v) is 4.65. The van der Waals surface area contributed by atoms with E-state index >= 15 is 0 Å². The van der Waals surface area contributed by atoms with E-state index in [-0.39, 0.29) is 11.9 Å². The first kappa shape index (κ1) is 13.1. The predicted molar refractivity (Wildman–Crippen MR) is 77.3 cm³/mol. The highest BCUT2D eigenvalue weighted by Gasteiger charge is 2.28. The van der Waals surface area contributed by atoms with Gasteiger partial charge in [0.05, 0.1) is 5.02 Å². The highest BCUT2D eigenvalue weighted by Crippen LogP contribution is 2.23. The molecular formula is C12H14ClIN2O. The van der Waals surface area contributed by atoms with Gasteiger partial charge in [0.25, 0.3) is 5.91 Å². The van der Waals surface area contributed by atoms with Gasteiger partial charge in [0, 0.05) is 28.3 Å². The number of hydrogen-bond donors (Lipinski definition) is 1. The highest BCUT2D eigenvalue weighted by molar-refractivity contribution is 14.1. The monoisotopic (exact) mass is 364 g/mol. The minimum atomic E-state index is 0.0382. The zero-order valence-electron chi connectivity index (χ0n) is 9.33. The predicted octanol–water partition coefficient (Wildman–Crippen LogP) is 2.51. The molecule has 1 unspecified atom stereocenters. The molecule has 0 aromatic heterocycles. The number of rotatable bonds is 2. The summed E-state index contributed by atoms with van der Waals surface area (Å²) in [6.07, 6.45) is 2.03. The number of hydrogen-bond acceptors (Lipinski definition) is 2. The highest BCUT2D eigenvalue weighted by atomic mass is 127. The Balaban J connectivity index is 2.21. The number of benzene rings is 1. The van der Waals surface area contributed by atoms with Gasteiger partial charge in [-0.2, -0.15) is 0 Å². The van der Waals surface area contributed by atoms with Gasteiger partial charge >= 0.3 is 0 Å². The van der Waals surface area contributed by atoms with Crippen molar-refractivity contribution >= 4 is 40.1 Å². The fourth-order valence-corrected chi connectivity index (χ4v) is 2.66. The SMILES string of the molecule is NCC1CCCN1C(=O)c1ccc(I)c(Cl)c1. The molecule has 1 heterocycles. The molecule has 1 amide bonds. The molecule has 0 radical (unpaired) electrons. The van der Waals surface area contributed by atoms with E-state index in [1.807, 2.05) is 17.0 Å². The molecule has 1 atom stereocenters. The molecule has 2 rings (SSSR count). The van der Waals surface area contributed by atoms with E-state index in [4.69, 9.17) is 17.3 Å². The third-order valence-electron chi connectivity index (χ3n) is 3.08. The first-order chi connectivity index (χ1) is 8.13. The lowest BCUT2D eigenvalue weighted by atomic mass is 10.1. The molecule has 0 spiro atoms. The lowest BCUT2D eigenvalue weighted by Gasteiger charge is -2.23. The second kappa shape index (κ2) is 5.54. The fraction of sp³-hybridized carbons (Fsp3) is 0.417. The summed E-state index contributed by atoms with van der Waals surface area (Å²) >= 11 is 8.18. The average molecular weight is 365 g/mol. The number of likely N-dealkylation sites (tertiary alicyclic amines) is 1. The number of carbonyl (C=O) groups excluding carboxylic acids is 1. The normalized spacial score (nSPS) is 19.7. The Morgan fingerprint density at radius 3 is 3.00 bits per heavy atom. The van der Waals surface area contributed by atoms with Gasteiger partial charge in [-0.3, -0.25) is 4.79 Å². The summed E-state index contributed by atoms with van der Waals surface area (Å²) in [6.45, 7) is 1.33. The molecule has 1 aliphatic heterocycles. The van der Waals surface area contributed by atoms with E-state index in [1.54, 1.807) is 6.07 Å². The number of amides is 1. The van der Waals surface area contributed by atoms with E-state index in [0.717, 1.165) is 23.0 Å². The minimum absolute atomic E-state index is 0.0382. The van der Waals surface area contributed by atoms with Crippen molar-refractivity contribution in [3.63, 3.8) is 0 Å². The largest absolute Gasteiger partial charge is 0.334 e. The molecule has 1 aliphatic rings. The van der Waals surface area contributed by atoms with Crippen molar-refractivity contribution in [2.75, 3.05) is 13.1 Å². The molecule has 1 fully saturated rings. The summed E-state index contributed by atoms with van der Waals surface area (Å²) < 4.78 is 0.956. The number of halogens is 2. The van der Waals surface area contributed by atoms with Gasteiger partial charge in [-0.1, -0.05) is 11.6 Å². The van der Waals surface area contributed by atoms with E-state index < -0.39 is 0 Å². The summed E-state index contributed by atoms with van der Waals surface area (Å²) in [5, 5.41) is 0.625. The van der Waals surface area contributed by atoms with Crippen molar-refractivity contribution in [2.45, 2.75) is 18.9 Å². The third kappa shape index (κ3) is 2.74. The fourth-order valence-electron chi connectivity index (χ4n) is 2.14. The average Bonchev–Trinajstić information content (AvgIpc) is 2.80. The maximum absolute atomic E-state index is 12.3. The Labute approximate surface area is 119 Å². The molecule has 1 aromatic carbocycles. The van der Waals surface area contributed by atoms with Crippen LogP contribution in [0.2, 0.25) is 5.02 Å². The van der Waals surface area contributed by atoms with Crippen LogP contribution in [0.25, 0.3) is 0 Å². The second-order valence-electron chi connectivity index (χ2n) is 4.16. The minimum Gasteiger partial charge on any atom is -0.334 e. The quantitative estimate of drug-likeness (QED) is 0.820. The number of nitrogens with two attached hydrogens (primary N) is 1. The Hall–Kier alpha value is -0.330. The molecule has 92 valence electrons. The second-order valence-corrected chi connectivity index (χ2v) is 5.73. The van der Waals surface area contributed by atoms with E-state index in [1.165, 1.54) is 0 Å². The van der Waals surface area contributed by atoms with Gasteiger partial charge in [0.2, 0.25) is 0 Å². The van der Waals surface area contributed by atoms with Gasteiger partial charge in [-0.05, 0) is 53.6 Å². The van der Waals surface area contributed by atoms with E-state index in [9.17, 15) is 4.79 Å². The standard InChI is InChI=1S/C12H14ClIN2O/c13-10-6-8(3-4-11(10)14)12(17)16-5-1-2-9(16)7-15/h3-4,6,9H,1-2,5,7,15H2. The van der Waals surface area contributed by atoms with E-state index in [2.05, 4.69) is 22.6 Å². The van der Waals surface area contributed by atoms with Crippen LogP contribution in [-0.2, 0) is 0 Å². The summed E-state index contributed by atoms with van der Waals surface area (Å²) in [5.41, 5.74) is 6.32. The van der Waals surface area contributed by atoms with E-state index in [0.29, 0.717) is 17.1 Å². The summed E-state index contributed by atoms with van der Waals surface area (Å²) in [6, 6.07) is 5.60. The molecule has 1 aromatic rings. The molecule has 17 heavy (non-hydrogen) atoms. The van der Waals surface area contributed by atoms with Crippen LogP contribution in [0, 0.1) is 3.57 Å². The van der Waals surface area contributed by atoms with Crippen molar-refractivity contribution < 1.29 is 4.79 Å². The lowest BCUT2D eigenvalue weighted by Crippen LogP contribution is -2.39. The smallest absolute Gasteiger partial charge is 0.254 e. The zero-order chi connectivity index (χ0) is 12.4. The molecule has 0 aliphatic carbocycles. The summed E-state index contributed by atoms with van der Waals surface area (Å²) in [4.78, 5) is 14.1. The number of carbonyl (C=O) groups is 1. The van der Waals surface area contributed by atoms with Crippen LogP contribution in [0.1, 0.15) is 23.2 Å². The van der Waals surface area contributed by atoms with Crippen LogP contribution in [0.4, 0.5) is 0 Å². The lowest BCUT2D eigenvalue weighted by molar-refractivity contribution is 0.0741. The van der Waals surface area contributed by atoms with Gasteiger partial charge in [-0.25, -0.2) is 0 Å². The molecule has 1 saturated heterocycles. The van der Waals surface area contributed by atoms with Gasteiger partial charge < -0.3 is 10.6 Å². The first-order valence-electron chi connectivity index (χ1n) is 5.59. The molecule has 5 heteroatoms. The van der Waals surface area contributed by atoms with Crippen molar-refractivity contribution in [3.8, 4) is 0 Å². The van der Waals surface area contributed by atoms with Crippen LogP contribution >= 0.6 is 34.2 Å². The van der Waals surface area contributed by atoms with Crippen LogP contribution in [0.3, 0.4) is 0 Å². The van der Waals surface area contributed by atoms with Crippen LogP contribution < -0.4 is 5.73 Å². The maximum atomic E-state index is 12.3. The Bertz CT molecular complexity index is 439. The van der Waals surface area contributed by atoms with Gasteiger partial charge in [0.1, 0.15) is 0 Å². The van der Waals surface area contributed by atoms with Gasteiger partial charge in [-0.15, -0.1) is 0 Å². The van der Waals surface area contributed by atoms with Crippen molar-refractivity contribution in [3.05, 3.63) is 32.4 Å². The molecule has 0 bridgehead atoms. The van der Waals surface area contributed by atoms with Crippen LogP contribution in [-0.4, -0.2) is 29.9 Å². The maximum Gasteiger partial charge on any atom is 0.254 e. The van der Waals surface area contributed by atoms with Crippen LogP contribution in [0.5, 0.6) is 0 Å². The molecule has 0 saturated carbocycles. The first-order valence-corrected chi connectivity index (χ1v) is 7.05. The Morgan fingerprint density at radius 1 is 1.59 bits per heavy atom. The Kier molecular flexibility index (Phi) is 4.27. The summed E-state index contributed by atoms with van der Waals surface area (Å²) in [5.74, 6) is 0.0382. The van der Waals surface area contributed by atoms with Crippen LogP contribution in [0.15, 0.2) is 18.2 Å². The van der Waals surface area contributed by atoms with Crippen molar-refractivity contribution in [1.82, 2.24) is 4.90 Å². The Morgan fingerprint density at radius 2 is 2.35 bits per heavy atom. The molecular weight excluding hydrogens is 351 g/mol. The molecule has 3 nitrogen and oxygen atoms in total. The van der Waals surface area contributed by atoms with Crippen molar-refractivity contribution in [2.24, 2.45) is 5.73 Å². The molecule has 2 N–H and O–H groups in total. The van der Waals surface area contributed by atoms with Crippen molar-refractivity contribution in [1.29, 1.82) is 0 Å². The zero-order valence-corrected chi connectivity index (χ0v) is 12.2. The van der Waals surface area contributed by atoms with Gasteiger partial charge in [0.15, 0.2) is 0 Å². The topological polar surface area (TPSA) is 46.3 Å².